The first-order valence-corrected chi connectivity index (χ1v) is 8.79. The Morgan fingerprint density at radius 1 is 1.68 bits per heavy atom. The summed E-state index contributed by atoms with van der Waals surface area (Å²) < 4.78 is 0. The molecule has 0 saturated carbocycles. The van der Waals surface area contributed by atoms with Gasteiger partial charge in [0.05, 0.1) is 11.1 Å². The molecule has 2 rings (SSSR count). The minimum absolute atomic E-state index is 0. The second kappa shape index (κ2) is 9.45. The molecule has 1 unspecified atom stereocenters. The predicted octanol–water partition coefficient (Wildman–Crippen LogP) is 1.93. The van der Waals surface area contributed by atoms with Crippen molar-refractivity contribution in [3.63, 3.8) is 0 Å². The quantitative estimate of drug-likeness (QED) is 0.806. The van der Waals surface area contributed by atoms with Crippen molar-refractivity contribution in [2.45, 2.75) is 24.9 Å². The van der Waals surface area contributed by atoms with Crippen molar-refractivity contribution < 1.29 is 4.79 Å². The van der Waals surface area contributed by atoms with Crippen LogP contribution >= 0.6 is 35.8 Å². The van der Waals surface area contributed by atoms with E-state index in [-0.39, 0.29) is 24.4 Å². The van der Waals surface area contributed by atoms with Crippen LogP contribution in [0.25, 0.3) is 0 Å². The van der Waals surface area contributed by atoms with Crippen LogP contribution in [0.2, 0.25) is 5.02 Å². The lowest BCUT2D eigenvalue weighted by Crippen LogP contribution is -2.46. The molecule has 1 aromatic rings. The van der Waals surface area contributed by atoms with Crippen molar-refractivity contribution in [3.8, 4) is 0 Å². The van der Waals surface area contributed by atoms with Crippen molar-refractivity contribution in [1.82, 2.24) is 10.3 Å². The zero-order valence-corrected chi connectivity index (χ0v) is 14.9. The SMILES string of the molecule is CSCC[C@H](N)C(=O)NC1CCN(c2ncccc2Cl)C1.Cl. The number of hydrogen-bond acceptors (Lipinski definition) is 5. The molecule has 1 aromatic heterocycles. The van der Waals surface area contributed by atoms with E-state index in [4.69, 9.17) is 17.3 Å². The van der Waals surface area contributed by atoms with Gasteiger partial charge < -0.3 is 16.0 Å². The van der Waals surface area contributed by atoms with E-state index in [9.17, 15) is 4.79 Å². The topological polar surface area (TPSA) is 71.2 Å². The Morgan fingerprint density at radius 3 is 3.14 bits per heavy atom. The molecule has 1 aliphatic heterocycles. The molecule has 8 heteroatoms. The van der Waals surface area contributed by atoms with E-state index < -0.39 is 6.04 Å². The summed E-state index contributed by atoms with van der Waals surface area (Å²) in [5.74, 6) is 1.61. The highest BCUT2D eigenvalue weighted by Gasteiger charge is 2.27. The van der Waals surface area contributed by atoms with E-state index in [1.807, 2.05) is 18.4 Å². The molecule has 22 heavy (non-hydrogen) atoms. The molecule has 124 valence electrons. The van der Waals surface area contributed by atoms with Gasteiger partial charge in [-0.1, -0.05) is 11.6 Å². The number of thioether (sulfide) groups is 1. The fraction of sp³-hybridized carbons (Fsp3) is 0.571. The Labute approximate surface area is 146 Å². The van der Waals surface area contributed by atoms with Crippen molar-refractivity contribution in [3.05, 3.63) is 23.4 Å². The summed E-state index contributed by atoms with van der Waals surface area (Å²) in [6.45, 7) is 1.56. The Hall–Kier alpha value is -0.690. The van der Waals surface area contributed by atoms with Crippen LogP contribution in [0.5, 0.6) is 0 Å². The molecule has 2 heterocycles. The molecule has 0 aliphatic carbocycles. The third-order valence-electron chi connectivity index (χ3n) is 3.54. The van der Waals surface area contributed by atoms with Gasteiger partial charge in [0, 0.05) is 25.3 Å². The van der Waals surface area contributed by atoms with Gasteiger partial charge in [0.15, 0.2) is 0 Å². The summed E-state index contributed by atoms with van der Waals surface area (Å²) in [7, 11) is 0. The normalized spacial score (nSPS) is 18.7. The van der Waals surface area contributed by atoms with E-state index in [1.165, 1.54) is 0 Å². The van der Waals surface area contributed by atoms with Crippen LogP contribution in [0.15, 0.2) is 18.3 Å². The largest absolute Gasteiger partial charge is 0.353 e. The van der Waals surface area contributed by atoms with Gasteiger partial charge >= 0.3 is 0 Å². The summed E-state index contributed by atoms with van der Waals surface area (Å²) in [6.07, 6.45) is 5.32. The Balaban J connectivity index is 0.00000242. The first-order valence-electron chi connectivity index (χ1n) is 7.02. The van der Waals surface area contributed by atoms with Crippen LogP contribution in [0.4, 0.5) is 5.82 Å². The number of hydrogen-bond donors (Lipinski definition) is 2. The Morgan fingerprint density at radius 2 is 2.45 bits per heavy atom. The number of nitrogens with one attached hydrogen (secondary N) is 1. The summed E-state index contributed by atoms with van der Waals surface area (Å²) in [5, 5.41) is 3.66. The number of carbonyl (C=O) groups excluding carboxylic acids is 1. The lowest BCUT2D eigenvalue weighted by atomic mass is 10.2. The van der Waals surface area contributed by atoms with Crippen molar-refractivity contribution in [1.29, 1.82) is 0 Å². The number of nitrogens with zero attached hydrogens (tertiary/aromatic N) is 2. The molecule has 5 nitrogen and oxygen atoms in total. The molecule has 0 bridgehead atoms. The van der Waals surface area contributed by atoms with Gasteiger partial charge in [-0.25, -0.2) is 4.98 Å². The third-order valence-corrected chi connectivity index (χ3v) is 4.48. The highest BCUT2D eigenvalue weighted by Crippen LogP contribution is 2.25. The maximum atomic E-state index is 12.0. The maximum absolute atomic E-state index is 12.0. The molecule has 0 radical (unpaired) electrons. The molecule has 1 saturated heterocycles. The minimum atomic E-state index is -0.426. The summed E-state index contributed by atoms with van der Waals surface area (Å²) in [4.78, 5) is 18.4. The van der Waals surface area contributed by atoms with Gasteiger partial charge in [0.2, 0.25) is 5.91 Å². The highest BCUT2D eigenvalue weighted by atomic mass is 35.5. The number of amides is 1. The Kier molecular flexibility index (Phi) is 8.31. The molecule has 3 N–H and O–H groups in total. The zero-order valence-electron chi connectivity index (χ0n) is 12.5. The minimum Gasteiger partial charge on any atom is -0.353 e. The molecule has 1 amide bonds. The van der Waals surface area contributed by atoms with Crippen LogP contribution in [0.3, 0.4) is 0 Å². The molecule has 2 atom stereocenters. The Bertz CT molecular complexity index is 492. The first kappa shape index (κ1) is 19.4. The van der Waals surface area contributed by atoms with Crippen LogP contribution in [0, 0.1) is 0 Å². The molecule has 0 aromatic carbocycles. The molecular weight excluding hydrogens is 343 g/mol. The second-order valence-corrected chi connectivity index (χ2v) is 6.53. The van der Waals surface area contributed by atoms with E-state index in [2.05, 4.69) is 15.2 Å². The van der Waals surface area contributed by atoms with Crippen molar-refractivity contribution >= 4 is 47.5 Å². The standard InChI is InChI=1S/C14H21ClN4OS.ClH/c1-21-8-5-12(16)14(20)18-10-4-7-19(9-10)13-11(15)3-2-6-17-13;/h2-3,6,10,12H,4-5,7-9,16H2,1H3,(H,18,20);1H/t10?,12-;/m0./s1. The lowest BCUT2D eigenvalue weighted by molar-refractivity contribution is -0.122. The molecular formula is C14H22Cl2N4OS. The maximum Gasteiger partial charge on any atom is 0.237 e. The van der Waals surface area contributed by atoms with Crippen molar-refractivity contribution in [2.24, 2.45) is 5.73 Å². The van der Waals surface area contributed by atoms with Crippen molar-refractivity contribution in [2.75, 3.05) is 30.0 Å². The average Bonchev–Trinajstić information content (AvgIpc) is 2.93. The summed E-state index contributed by atoms with van der Waals surface area (Å²) in [5.41, 5.74) is 5.88. The summed E-state index contributed by atoms with van der Waals surface area (Å²) >= 11 is 7.85. The second-order valence-electron chi connectivity index (χ2n) is 5.14. The van der Waals surface area contributed by atoms with E-state index in [0.29, 0.717) is 11.4 Å². The molecule has 0 spiro atoms. The predicted molar refractivity (Wildman–Crippen MR) is 96.2 cm³/mol. The van der Waals surface area contributed by atoms with Gasteiger partial charge in [-0.05, 0) is 37.0 Å². The lowest BCUT2D eigenvalue weighted by Gasteiger charge is -2.20. The number of rotatable bonds is 6. The van der Waals surface area contributed by atoms with E-state index >= 15 is 0 Å². The fourth-order valence-corrected chi connectivity index (χ4v) is 3.10. The number of carbonyl (C=O) groups is 1. The smallest absolute Gasteiger partial charge is 0.237 e. The number of nitrogens with two attached hydrogens (primary N) is 1. The average molecular weight is 365 g/mol. The van der Waals surface area contributed by atoms with Gasteiger partial charge in [0.1, 0.15) is 5.82 Å². The van der Waals surface area contributed by atoms with Gasteiger partial charge in [-0.2, -0.15) is 11.8 Å². The zero-order chi connectivity index (χ0) is 15.2. The van der Waals surface area contributed by atoms with Gasteiger partial charge in [-0.15, -0.1) is 12.4 Å². The van der Waals surface area contributed by atoms with Crippen LogP contribution in [-0.2, 0) is 4.79 Å². The number of anilines is 1. The first-order chi connectivity index (χ1) is 10.1. The van der Waals surface area contributed by atoms with E-state index in [1.54, 1.807) is 18.0 Å². The fourth-order valence-electron chi connectivity index (χ4n) is 2.36. The van der Waals surface area contributed by atoms with Crippen LogP contribution < -0.4 is 16.0 Å². The summed E-state index contributed by atoms with van der Waals surface area (Å²) in [6, 6.07) is 3.32. The van der Waals surface area contributed by atoms with Crippen LogP contribution in [-0.4, -0.2) is 48.1 Å². The van der Waals surface area contributed by atoms with E-state index in [0.717, 1.165) is 31.1 Å². The third kappa shape index (κ3) is 5.19. The number of pyridine rings is 1. The van der Waals surface area contributed by atoms with Gasteiger partial charge in [0.25, 0.3) is 0 Å². The van der Waals surface area contributed by atoms with Gasteiger partial charge in [-0.3, -0.25) is 4.79 Å². The monoisotopic (exact) mass is 364 g/mol. The number of aromatic nitrogens is 1. The van der Waals surface area contributed by atoms with Crippen LogP contribution in [0.1, 0.15) is 12.8 Å². The molecule has 1 fully saturated rings. The highest BCUT2D eigenvalue weighted by molar-refractivity contribution is 7.98. The number of halogens is 2. The molecule has 1 aliphatic rings.